The Hall–Kier alpha value is -2.06. The number of benzene rings is 1. The Kier molecular flexibility index (Phi) is 4.53. The van der Waals surface area contributed by atoms with Crippen LogP contribution in [0.2, 0.25) is 0 Å². The summed E-state index contributed by atoms with van der Waals surface area (Å²) < 4.78 is 8.40. The Labute approximate surface area is 142 Å². The smallest absolute Gasteiger partial charge is 0.319 e. The van der Waals surface area contributed by atoms with Gasteiger partial charge in [0.2, 0.25) is 0 Å². The normalized spacial score (nSPS) is 12.3. The zero-order valence-corrected chi connectivity index (χ0v) is 14.7. The van der Waals surface area contributed by atoms with Gasteiger partial charge in [-0.05, 0) is 32.4 Å². The molecule has 0 aliphatic heterocycles. The van der Waals surface area contributed by atoms with E-state index < -0.39 is 0 Å². The Morgan fingerprint density at radius 2 is 2.13 bits per heavy atom. The van der Waals surface area contributed by atoms with E-state index in [1.807, 2.05) is 39.0 Å². The first-order valence-corrected chi connectivity index (χ1v) is 8.86. The number of aromatic nitrogens is 3. The van der Waals surface area contributed by atoms with Crippen molar-refractivity contribution < 1.29 is 4.79 Å². The Morgan fingerprint density at radius 1 is 1.30 bits per heavy atom. The SMILES string of the molecule is CC[C@H](NC(=O)Nc1cccc2nsnc12)c1nc(C)c(C)s1. The molecule has 0 saturated carbocycles. The van der Waals surface area contributed by atoms with Crippen LogP contribution in [-0.4, -0.2) is 19.8 Å². The van der Waals surface area contributed by atoms with Crippen LogP contribution in [0.5, 0.6) is 0 Å². The van der Waals surface area contributed by atoms with E-state index in [1.54, 1.807) is 11.3 Å². The lowest BCUT2D eigenvalue weighted by atomic mass is 10.2. The molecule has 0 saturated heterocycles. The van der Waals surface area contributed by atoms with Gasteiger partial charge in [0.1, 0.15) is 16.0 Å². The molecule has 3 rings (SSSR count). The molecule has 0 fully saturated rings. The first-order chi connectivity index (χ1) is 11.1. The molecular formula is C15H17N5OS2. The highest BCUT2D eigenvalue weighted by Gasteiger charge is 2.18. The molecule has 1 atom stereocenters. The highest BCUT2D eigenvalue weighted by molar-refractivity contribution is 7.11. The molecule has 8 heteroatoms. The molecule has 0 spiro atoms. The van der Waals surface area contributed by atoms with Crippen LogP contribution in [0.15, 0.2) is 18.2 Å². The second-order valence-corrected chi connectivity index (χ2v) is 6.95. The quantitative estimate of drug-likeness (QED) is 0.746. The van der Waals surface area contributed by atoms with E-state index in [2.05, 4.69) is 24.4 Å². The molecule has 23 heavy (non-hydrogen) atoms. The first-order valence-electron chi connectivity index (χ1n) is 7.31. The van der Waals surface area contributed by atoms with Crippen LogP contribution in [0.4, 0.5) is 10.5 Å². The number of fused-ring (bicyclic) bond motifs is 1. The van der Waals surface area contributed by atoms with Crippen molar-refractivity contribution in [1.29, 1.82) is 0 Å². The fraction of sp³-hybridized carbons (Fsp3) is 0.333. The predicted molar refractivity (Wildman–Crippen MR) is 94.2 cm³/mol. The number of urea groups is 1. The lowest BCUT2D eigenvalue weighted by Gasteiger charge is -2.15. The monoisotopic (exact) mass is 347 g/mol. The molecular weight excluding hydrogens is 330 g/mol. The number of amides is 2. The van der Waals surface area contributed by atoms with Crippen molar-refractivity contribution in [3.63, 3.8) is 0 Å². The number of nitrogens with zero attached hydrogens (tertiary/aromatic N) is 3. The number of hydrogen-bond donors (Lipinski definition) is 2. The molecule has 2 heterocycles. The molecule has 3 aromatic rings. The van der Waals surface area contributed by atoms with E-state index in [4.69, 9.17) is 0 Å². The number of nitrogens with one attached hydrogen (secondary N) is 2. The van der Waals surface area contributed by atoms with Gasteiger partial charge in [0.25, 0.3) is 0 Å². The summed E-state index contributed by atoms with van der Waals surface area (Å²) in [6.45, 7) is 6.05. The van der Waals surface area contributed by atoms with Crippen molar-refractivity contribution in [2.75, 3.05) is 5.32 Å². The van der Waals surface area contributed by atoms with Crippen LogP contribution in [0.3, 0.4) is 0 Å². The molecule has 2 N–H and O–H groups in total. The molecule has 0 bridgehead atoms. The fourth-order valence-electron chi connectivity index (χ4n) is 2.21. The zero-order valence-electron chi connectivity index (χ0n) is 13.1. The summed E-state index contributed by atoms with van der Waals surface area (Å²) in [5, 5.41) is 6.78. The van der Waals surface area contributed by atoms with Crippen LogP contribution in [0, 0.1) is 13.8 Å². The molecule has 0 aliphatic rings. The van der Waals surface area contributed by atoms with Crippen molar-refractivity contribution in [3.05, 3.63) is 33.8 Å². The lowest BCUT2D eigenvalue weighted by molar-refractivity contribution is 0.248. The predicted octanol–water partition coefficient (Wildman–Crippen LogP) is 4.04. The maximum Gasteiger partial charge on any atom is 0.319 e. The van der Waals surface area contributed by atoms with E-state index >= 15 is 0 Å². The first kappa shape index (κ1) is 15.8. The average Bonchev–Trinajstić information content (AvgIpc) is 3.13. The highest BCUT2D eigenvalue weighted by atomic mass is 32.1. The van der Waals surface area contributed by atoms with Gasteiger partial charge in [-0.3, -0.25) is 0 Å². The van der Waals surface area contributed by atoms with Crippen molar-refractivity contribution in [1.82, 2.24) is 19.0 Å². The minimum atomic E-state index is -0.261. The van der Waals surface area contributed by atoms with Gasteiger partial charge in [-0.15, -0.1) is 11.3 Å². The summed E-state index contributed by atoms with van der Waals surface area (Å²) in [5.41, 5.74) is 3.17. The van der Waals surface area contributed by atoms with Gasteiger partial charge < -0.3 is 10.6 Å². The average molecular weight is 347 g/mol. The molecule has 2 amide bonds. The van der Waals surface area contributed by atoms with Crippen molar-refractivity contribution in [2.45, 2.75) is 33.2 Å². The van der Waals surface area contributed by atoms with Crippen LogP contribution in [0.1, 0.15) is 35.0 Å². The fourth-order valence-corrected chi connectivity index (χ4v) is 3.82. The second-order valence-electron chi connectivity index (χ2n) is 5.19. The van der Waals surface area contributed by atoms with Crippen LogP contribution < -0.4 is 10.6 Å². The summed E-state index contributed by atoms with van der Waals surface area (Å²) in [6, 6.07) is 5.19. The van der Waals surface area contributed by atoms with E-state index in [0.717, 1.165) is 34.4 Å². The lowest BCUT2D eigenvalue weighted by Crippen LogP contribution is -2.32. The number of rotatable bonds is 4. The van der Waals surface area contributed by atoms with Gasteiger partial charge in [0, 0.05) is 4.88 Å². The highest BCUT2D eigenvalue weighted by Crippen LogP contribution is 2.25. The Bertz CT molecular complexity index is 822. The van der Waals surface area contributed by atoms with Crippen LogP contribution in [-0.2, 0) is 0 Å². The van der Waals surface area contributed by atoms with Gasteiger partial charge in [-0.1, -0.05) is 13.0 Å². The van der Waals surface area contributed by atoms with Crippen molar-refractivity contribution in [2.24, 2.45) is 0 Å². The third kappa shape index (κ3) is 3.32. The number of aryl methyl sites for hydroxylation is 2. The Morgan fingerprint density at radius 3 is 2.83 bits per heavy atom. The Balaban J connectivity index is 1.74. The maximum atomic E-state index is 12.3. The molecule has 0 radical (unpaired) electrons. The number of anilines is 1. The van der Waals surface area contributed by atoms with Gasteiger partial charge in [0.05, 0.1) is 29.2 Å². The summed E-state index contributed by atoms with van der Waals surface area (Å²) in [5.74, 6) is 0. The zero-order chi connectivity index (χ0) is 16.4. The van der Waals surface area contributed by atoms with Crippen molar-refractivity contribution >= 4 is 45.8 Å². The summed E-state index contributed by atoms with van der Waals surface area (Å²) in [4.78, 5) is 18.0. The minimum absolute atomic E-state index is 0.0971. The van der Waals surface area contributed by atoms with E-state index in [1.165, 1.54) is 4.88 Å². The molecule has 0 aliphatic carbocycles. The molecule has 120 valence electrons. The topological polar surface area (TPSA) is 79.8 Å². The number of carbonyl (C=O) groups is 1. The van der Waals surface area contributed by atoms with Gasteiger partial charge >= 0.3 is 6.03 Å². The van der Waals surface area contributed by atoms with Crippen LogP contribution >= 0.6 is 23.1 Å². The van der Waals surface area contributed by atoms with Gasteiger partial charge in [0.15, 0.2) is 0 Å². The summed E-state index contributed by atoms with van der Waals surface area (Å²) in [7, 11) is 0. The molecule has 1 aromatic carbocycles. The standard InChI is InChI=1S/C15H17N5OS2/c1-4-10(14-16-8(2)9(3)22-14)17-15(21)18-11-6-5-7-12-13(11)20-23-19-12/h5-7,10H,4H2,1-3H3,(H2,17,18,21)/t10-/m0/s1. The molecule has 0 unspecified atom stereocenters. The van der Waals surface area contributed by atoms with Crippen LogP contribution in [0.25, 0.3) is 11.0 Å². The largest absolute Gasteiger partial charge is 0.329 e. The van der Waals surface area contributed by atoms with E-state index in [9.17, 15) is 4.79 Å². The minimum Gasteiger partial charge on any atom is -0.329 e. The summed E-state index contributed by atoms with van der Waals surface area (Å²) in [6.07, 6.45) is 0.780. The maximum absolute atomic E-state index is 12.3. The molecule has 2 aromatic heterocycles. The van der Waals surface area contributed by atoms with Gasteiger partial charge in [-0.25, -0.2) is 9.78 Å². The second kappa shape index (κ2) is 6.59. The van der Waals surface area contributed by atoms with E-state index in [-0.39, 0.29) is 12.1 Å². The third-order valence-electron chi connectivity index (χ3n) is 3.59. The summed E-state index contributed by atoms with van der Waals surface area (Å²) >= 11 is 2.76. The number of thiazole rings is 1. The number of hydrogen-bond acceptors (Lipinski definition) is 6. The van der Waals surface area contributed by atoms with Gasteiger partial charge in [-0.2, -0.15) is 8.75 Å². The molecule has 6 nitrogen and oxygen atoms in total. The van der Waals surface area contributed by atoms with Crippen molar-refractivity contribution in [3.8, 4) is 0 Å². The number of carbonyl (C=O) groups excluding carboxylic acids is 1. The van der Waals surface area contributed by atoms with E-state index in [0.29, 0.717) is 11.2 Å². The third-order valence-corrected chi connectivity index (χ3v) is 5.32.